The van der Waals surface area contributed by atoms with Crippen LogP contribution in [0.3, 0.4) is 0 Å². The molecule has 0 aromatic rings. The van der Waals surface area contributed by atoms with E-state index in [1.165, 1.54) is 38.0 Å². The van der Waals surface area contributed by atoms with Crippen molar-refractivity contribution < 1.29 is 0 Å². The van der Waals surface area contributed by atoms with E-state index in [1.54, 1.807) is 0 Å². The summed E-state index contributed by atoms with van der Waals surface area (Å²) in [7, 11) is 0.357. The van der Waals surface area contributed by atoms with Gasteiger partial charge in [0.15, 0.2) is 0 Å². The maximum Gasteiger partial charge on any atom is 0.0538 e. The fraction of sp³-hybridized carbons (Fsp3) is 0.900. The minimum atomic E-state index is 0.357. The summed E-state index contributed by atoms with van der Waals surface area (Å²) in [6.45, 7) is 4.63. The molecule has 1 heterocycles. The van der Waals surface area contributed by atoms with Crippen LogP contribution in [0.4, 0.5) is 0 Å². The van der Waals surface area contributed by atoms with Crippen LogP contribution in [0.25, 0.3) is 0 Å². The lowest BCUT2D eigenvalue weighted by Gasteiger charge is -2.01. The van der Waals surface area contributed by atoms with Gasteiger partial charge >= 0.3 is 0 Å². The van der Waals surface area contributed by atoms with E-state index in [-0.39, 0.29) is 0 Å². The molecular formula is C10H20NP. The third-order valence-electron chi connectivity index (χ3n) is 2.37. The maximum atomic E-state index is 4.60. The van der Waals surface area contributed by atoms with Gasteiger partial charge in [-0.1, -0.05) is 13.3 Å². The first-order valence-corrected chi connectivity index (χ1v) is 7.19. The summed E-state index contributed by atoms with van der Waals surface area (Å²) in [6, 6.07) is 0.693. The van der Waals surface area contributed by atoms with Gasteiger partial charge in [0, 0.05) is 0 Å². The Bertz CT molecular complexity index is 145. The molecule has 70 valence electrons. The fourth-order valence-corrected chi connectivity index (χ4v) is 3.47. The van der Waals surface area contributed by atoms with E-state index in [1.807, 2.05) is 0 Å². The van der Waals surface area contributed by atoms with E-state index in [2.05, 4.69) is 24.8 Å². The Balaban J connectivity index is 2.10. The molecule has 1 saturated heterocycles. The largest absolute Gasteiger partial charge is 0.294 e. The molecule has 0 spiro atoms. The minimum absolute atomic E-state index is 0.357. The summed E-state index contributed by atoms with van der Waals surface area (Å²) < 4.78 is 0. The molecule has 2 heteroatoms. The monoisotopic (exact) mass is 185 g/mol. The zero-order valence-corrected chi connectivity index (χ0v) is 9.19. The lowest BCUT2D eigenvalue weighted by atomic mass is 10.2. The van der Waals surface area contributed by atoms with Crippen LogP contribution in [-0.2, 0) is 0 Å². The van der Waals surface area contributed by atoms with Crippen LogP contribution < -0.4 is 0 Å². The number of aliphatic imine (C=N–C) groups is 1. The third-order valence-corrected chi connectivity index (χ3v) is 4.44. The van der Waals surface area contributed by atoms with Gasteiger partial charge in [-0.2, -0.15) is 0 Å². The topological polar surface area (TPSA) is 12.4 Å². The van der Waals surface area contributed by atoms with E-state index >= 15 is 0 Å². The quantitative estimate of drug-likeness (QED) is 0.362. The number of nitrogens with zero attached hydrogens (tertiary/aromatic N) is 1. The van der Waals surface area contributed by atoms with Crippen LogP contribution in [0.1, 0.15) is 32.6 Å². The first-order chi connectivity index (χ1) is 5.83. The molecule has 0 amide bonds. The molecule has 1 nitrogen and oxygen atoms in total. The normalized spacial score (nSPS) is 30.2. The molecular weight excluding hydrogens is 165 g/mol. The van der Waals surface area contributed by atoms with Gasteiger partial charge in [0.05, 0.1) is 6.04 Å². The SMILES string of the molecule is CCCCC=NC1CCP(C)C1. The number of hydrogen-bond donors (Lipinski definition) is 0. The van der Waals surface area contributed by atoms with Gasteiger partial charge in [-0.05, 0) is 44.5 Å². The molecule has 0 radical (unpaired) electrons. The van der Waals surface area contributed by atoms with Crippen molar-refractivity contribution in [2.24, 2.45) is 4.99 Å². The van der Waals surface area contributed by atoms with E-state index in [4.69, 9.17) is 0 Å². The van der Waals surface area contributed by atoms with Crippen molar-refractivity contribution in [2.75, 3.05) is 19.0 Å². The first kappa shape index (κ1) is 10.2. The molecule has 0 aromatic heterocycles. The van der Waals surface area contributed by atoms with Crippen LogP contribution >= 0.6 is 7.92 Å². The predicted octanol–water partition coefficient (Wildman–Crippen LogP) is 3.13. The Kier molecular flexibility index (Phi) is 4.83. The van der Waals surface area contributed by atoms with Gasteiger partial charge in [0.1, 0.15) is 0 Å². The van der Waals surface area contributed by atoms with Gasteiger partial charge < -0.3 is 0 Å². The number of hydrogen-bond acceptors (Lipinski definition) is 1. The van der Waals surface area contributed by atoms with Crippen molar-refractivity contribution in [1.82, 2.24) is 0 Å². The Hall–Kier alpha value is 0.100. The van der Waals surface area contributed by atoms with Crippen LogP contribution in [0.2, 0.25) is 0 Å². The molecule has 2 unspecified atom stereocenters. The standard InChI is InChI=1S/C10H20NP/c1-3-4-5-7-11-10-6-8-12(2)9-10/h7,10H,3-6,8-9H2,1-2H3. The third kappa shape index (κ3) is 3.67. The highest BCUT2D eigenvalue weighted by Crippen LogP contribution is 2.40. The molecule has 12 heavy (non-hydrogen) atoms. The zero-order chi connectivity index (χ0) is 8.81. The summed E-state index contributed by atoms with van der Waals surface area (Å²) in [4.78, 5) is 4.60. The summed E-state index contributed by atoms with van der Waals surface area (Å²) >= 11 is 0. The molecule has 0 saturated carbocycles. The minimum Gasteiger partial charge on any atom is -0.294 e. The first-order valence-electron chi connectivity index (χ1n) is 5.03. The van der Waals surface area contributed by atoms with Crippen LogP contribution in [0.5, 0.6) is 0 Å². The van der Waals surface area contributed by atoms with Gasteiger partial charge in [-0.25, -0.2) is 0 Å². The smallest absolute Gasteiger partial charge is 0.0538 e. The number of rotatable bonds is 4. The second-order valence-corrected chi connectivity index (χ2v) is 6.20. The second-order valence-electron chi connectivity index (χ2n) is 3.68. The van der Waals surface area contributed by atoms with E-state index in [0.717, 1.165) is 0 Å². The maximum absolute atomic E-state index is 4.60. The van der Waals surface area contributed by atoms with Gasteiger partial charge in [-0.15, -0.1) is 7.92 Å². The molecule has 0 aromatic carbocycles. The number of unbranched alkanes of at least 4 members (excludes halogenated alkanes) is 2. The molecule has 1 aliphatic rings. The van der Waals surface area contributed by atoms with Crippen LogP contribution in [0, 0.1) is 0 Å². The molecule has 0 N–H and O–H groups in total. The zero-order valence-electron chi connectivity index (χ0n) is 8.29. The summed E-state index contributed by atoms with van der Waals surface area (Å²) in [5.41, 5.74) is 0. The highest BCUT2D eigenvalue weighted by atomic mass is 31.1. The van der Waals surface area contributed by atoms with E-state index < -0.39 is 0 Å². The second kappa shape index (κ2) is 5.70. The summed E-state index contributed by atoms with van der Waals surface area (Å²) in [5.74, 6) is 0. The van der Waals surface area contributed by atoms with Crippen molar-refractivity contribution in [2.45, 2.75) is 38.6 Å². The molecule has 0 bridgehead atoms. The summed E-state index contributed by atoms with van der Waals surface area (Å²) in [5, 5.41) is 0. The highest BCUT2D eigenvalue weighted by Gasteiger charge is 2.18. The average molecular weight is 185 g/mol. The van der Waals surface area contributed by atoms with Crippen molar-refractivity contribution in [1.29, 1.82) is 0 Å². The predicted molar refractivity (Wildman–Crippen MR) is 59.0 cm³/mol. The van der Waals surface area contributed by atoms with Crippen LogP contribution in [-0.4, -0.2) is 31.2 Å². The Morgan fingerprint density at radius 2 is 2.42 bits per heavy atom. The molecule has 1 fully saturated rings. The lowest BCUT2D eigenvalue weighted by molar-refractivity contribution is 0.756. The van der Waals surface area contributed by atoms with Crippen molar-refractivity contribution >= 4 is 14.1 Å². The Morgan fingerprint density at radius 3 is 3.00 bits per heavy atom. The Labute approximate surface area is 77.4 Å². The molecule has 0 aliphatic carbocycles. The molecule has 2 atom stereocenters. The van der Waals surface area contributed by atoms with Crippen molar-refractivity contribution in [3.8, 4) is 0 Å². The Morgan fingerprint density at radius 1 is 1.58 bits per heavy atom. The van der Waals surface area contributed by atoms with Crippen molar-refractivity contribution in [3.63, 3.8) is 0 Å². The van der Waals surface area contributed by atoms with E-state index in [9.17, 15) is 0 Å². The lowest BCUT2D eigenvalue weighted by Crippen LogP contribution is -2.01. The van der Waals surface area contributed by atoms with Gasteiger partial charge in [-0.3, -0.25) is 4.99 Å². The van der Waals surface area contributed by atoms with Crippen LogP contribution in [0.15, 0.2) is 4.99 Å². The summed E-state index contributed by atoms with van der Waals surface area (Å²) in [6.07, 6.45) is 10.1. The average Bonchev–Trinajstić information content (AvgIpc) is 2.45. The van der Waals surface area contributed by atoms with Gasteiger partial charge in [0.2, 0.25) is 0 Å². The fourth-order valence-electron chi connectivity index (χ4n) is 1.55. The molecule has 1 aliphatic heterocycles. The molecule has 1 rings (SSSR count). The highest BCUT2D eigenvalue weighted by molar-refractivity contribution is 7.57. The van der Waals surface area contributed by atoms with E-state index in [0.29, 0.717) is 14.0 Å². The van der Waals surface area contributed by atoms with Crippen molar-refractivity contribution in [3.05, 3.63) is 0 Å². The van der Waals surface area contributed by atoms with Gasteiger partial charge in [0.25, 0.3) is 0 Å².